The highest BCUT2D eigenvalue weighted by Gasteiger charge is 2.27. The lowest BCUT2D eigenvalue weighted by Gasteiger charge is -2.24. The maximum Gasteiger partial charge on any atom is 0.335 e. The van der Waals surface area contributed by atoms with Gasteiger partial charge in [0.05, 0.1) is 29.5 Å². The van der Waals surface area contributed by atoms with Crippen LogP contribution in [0.3, 0.4) is 0 Å². The van der Waals surface area contributed by atoms with E-state index in [0.29, 0.717) is 5.69 Å². The van der Waals surface area contributed by atoms with Gasteiger partial charge in [0.2, 0.25) is 5.91 Å². The quantitative estimate of drug-likeness (QED) is 0.303. The average Bonchev–Trinajstić information content (AvgIpc) is 2.87. The zero-order valence-electron chi connectivity index (χ0n) is 22.7. The number of anilines is 1. The molecule has 1 heterocycles. The molecule has 2 aromatic carbocycles. The number of hydrogen-bond donors (Lipinski definition) is 2. The minimum Gasteiger partial charge on any atom is -0.495 e. The SMILES string of the molecule is COc1cn(C(CCOC(C)(C)C)C(=O)Nc2ccc(C(=O)O)cc2)c(=O)cc1-c1c(C(C)=O)ccc(Cl)c1F. The number of ketones is 1. The van der Waals surface area contributed by atoms with Gasteiger partial charge >= 0.3 is 5.97 Å². The molecule has 3 rings (SSSR count). The van der Waals surface area contributed by atoms with Gasteiger partial charge in [0.15, 0.2) is 5.78 Å². The topological polar surface area (TPSA) is 124 Å². The number of carbonyl (C=O) groups is 3. The number of ether oxygens (including phenoxy) is 2. The number of rotatable bonds is 10. The number of aromatic nitrogens is 1. The van der Waals surface area contributed by atoms with Crippen molar-refractivity contribution in [3.05, 3.63) is 81.0 Å². The van der Waals surface area contributed by atoms with E-state index in [-0.39, 0.29) is 46.1 Å². The van der Waals surface area contributed by atoms with Crippen LogP contribution in [-0.4, -0.2) is 46.7 Å². The molecule has 0 fully saturated rings. The van der Waals surface area contributed by atoms with Gasteiger partial charge in [-0.15, -0.1) is 0 Å². The van der Waals surface area contributed by atoms with Crippen LogP contribution in [0.25, 0.3) is 11.1 Å². The summed E-state index contributed by atoms with van der Waals surface area (Å²) in [6, 6.07) is 8.16. The molecule has 0 aliphatic carbocycles. The molecule has 0 bridgehead atoms. The molecule has 212 valence electrons. The van der Waals surface area contributed by atoms with Gasteiger partial charge in [0.1, 0.15) is 17.6 Å². The molecule has 40 heavy (non-hydrogen) atoms. The third-order valence-corrected chi connectivity index (χ3v) is 6.26. The van der Waals surface area contributed by atoms with E-state index in [1.54, 1.807) is 0 Å². The van der Waals surface area contributed by atoms with E-state index >= 15 is 4.39 Å². The Kier molecular flexibility index (Phi) is 9.49. The van der Waals surface area contributed by atoms with E-state index in [9.17, 15) is 19.2 Å². The highest BCUT2D eigenvalue weighted by Crippen LogP contribution is 2.37. The monoisotopic (exact) mass is 572 g/mol. The number of amides is 1. The van der Waals surface area contributed by atoms with Crippen molar-refractivity contribution in [2.75, 3.05) is 19.0 Å². The molecular weight excluding hydrogens is 543 g/mol. The van der Waals surface area contributed by atoms with E-state index in [1.165, 1.54) is 56.6 Å². The highest BCUT2D eigenvalue weighted by molar-refractivity contribution is 6.31. The molecule has 2 N–H and O–H groups in total. The predicted molar refractivity (Wildman–Crippen MR) is 149 cm³/mol. The third kappa shape index (κ3) is 7.13. The number of pyridine rings is 1. The largest absolute Gasteiger partial charge is 0.495 e. The van der Waals surface area contributed by atoms with Gasteiger partial charge < -0.3 is 19.9 Å². The summed E-state index contributed by atoms with van der Waals surface area (Å²) in [5.41, 5.74) is -0.979. The summed E-state index contributed by atoms with van der Waals surface area (Å²) in [4.78, 5) is 50.3. The van der Waals surface area contributed by atoms with Crippen molar-refractivity contribution < 1.29 is 33.4 Å². The van der Waals surface area contributed by atoms with Gasteiger partial charge in [0, 0.05) is 41.5 Å². The van der Waals surface area contributed by atoms with Gasteiger partial charge in [-0.05, 0) is 64.1 Å². The number of hydrogen-bond acceptors (Lipinski definition) is 6. The molecule has 0 aliphatic heterocycles. The molecule has 9 nitrogen and oxygen atoms in total. The molecule has 0 saturated carbocycles. The fourth-order valence-electron chi connectivity index (χ4n) is 4.03. The zero-order valence-corrected chi connectivity index (χ0v) is 23.5. The van der Waals surface area contributed by atoms with Crippen LogP contribution in [0.1, 0.15) is 60.9 Å². The van der Waals surface area contributed by atoms with E-state index in [2.05, 4.69) is 5.32 Å². The van der Waals surface area contributed by atoms with Crippen molar-refractivity contribution in [2.24, 2.45) is 0 Å². The standard InChI is InChI=1S/C29H30ClFN2O7/c1-16(34)19-10-11-21(30)26(31)25(19)20-14-24(35)33(15-23(20)39-5)22(12-13-40-29(2,3)4)27(36)32-18-8-6-17(7-9-18)28(37)38/h6-11,14-15,22H,12-13H2,1-5H3,(H,32,36)(H,37,38). The first-order valence-electron chi connectivity index (χ1n) is 12.3. The second-order valence-electron chi connectivity index (χ2n) is 9.98. The Morgan fingerprint density at radius 3 is 2.33 bits per heavy atom. The number of carboxylic acid groups (broad SMARTS) is 1. The Balaban J connectivity index is 2.09. The van der Waals surface area contributed by atoms with Crippen LogP contribution in [0.15, 0.2) is 53.5 Å². The van der Waals surface area contributed by atoms with Crippen LogP contribution in [0.5, 0.6) is 5.75 Å². The molecule has 0 saturated heterocycles. The first-order chi connectivity index (χ1) is 18.7. The Morgan fingerprint density at radius 2 is 1.77 bits per heavy atom. The number of halogens is 2. The average molecular weight is 573 g/mol. The van der Waals surface area contributed by atoms with Crippen LogP contribution < -0.4 is 15.6 Å². The minimum atomic E-state index is -1.11. The van der Waals surface area contributed by atoms with Crippen LogP contribution in [0.4, 0.5) is 10.1 Å². The summed E-state index contributed by atoms with van der Waals surface area (Å²) in [7, 11) is 1.31. The van der Waals surface area contributed by atoms with Gasteiger partial charge in [-0.3, -0.25) is 19.0 Å². The molecule has 0 aliphatic rings. The van der Waals surface area contributed by atoms with Gasteiger partial charge in [-0.2, -0.15) is 0 Å². The van der Waals surface area contributed by atoms with Crippen molar-refractivity contribution in [2.45, 2.75) is 45.8 Å². The van der Waals surface area contributed by atoms with Crippen molar-refractivity contribution in [1.82, 2.24) is 4.57 Å². The molecule has 11 heteroatoms. The summed E-state index contributed by atoms with van der Waals surface area (Å²) in [5.74, 6) is -2.98. The van der Waals surface area contributed by atoms with Crippen molar-refractivity contribution >= 4 is 34.9 Å². The van der Waals surface area contributed by atoms with Crippen LogP contribution >= 0.6 is 11.6 Å². The Bertz CT molecular complexity index is 1490. The second-order valence-corrected chi connectivity index (χ2v) is 10.4. The number of carboxylic acids is 1. The maximum absolute atomic E-state index is 15.2. The van der Waals surface area contributed by atoms with E-state index in [0.717, 1.165) is 10.6 Å². The summed E-state index contributed by atoms with van der Waals surface area (Å²) >= 11 is 5.99. The number of carbonyl (C=O) groups excluding carboxylic acids is 2. The molecule has 0 radical (unpaired) electrons. The van der Waals surface area contributed by atoms with Gasteiger partial charge in [0.25, 0.3) is 5.56 Å². The molecule has 1 atom stereocenters. The summed E-state index contributed by atoms with van der Waals surface area (Å²) in [6.07, 6.45) is 1.36. The van der Waals surface area contributed by atoms with E-state index in [1.807, 2.05) is 20.8 Å². The van der Waals surface area contributed by atoms with Crippen LogP contribution in [0, 0.1) is 5.82 Å². The fourth-order valence-corrected chi connectivity index (χ4v) is 4.19. The Hall–Kier alpha value is -4.02. The molecule has 1 amide bonds. The Labute approximate surface area is 235 Å². The lowest BCUT2D eigenvalue weighted by atomic mass is 9.96. The predicted octanol–water partition coefficient (Wildman–Crippen LogP) is 5.60. The number of methoxy groups -OCH3 is 1. The molecule has 1 unspecified atom stereocenters. The first-order valence-corrected chi connectivity index (χ1v) is 12.7. The number of nitrogens with one attached hydrogen (secondary N) is 1. The third-order valence-electron chi connectivity index (χ3n) is 5.97. The van der Waals surface area contributed by atoms with Crippen molar-refractivity contribution in [1.29, 1.82) is 0 Å². The zero-order chi connectivity index (χ0) is 29.8. The minimum absolute atomic E-state index is 0.00306. The molecular formula is C29H30ClFN2O7. The van der Waals surface area contributed by atoms with Gasteiger partial charge in [-0.25, -0.2) is 9.18 Å². The number of Topliss-reactive ketones (excluding diaryl/α,β-unsaturated/α-hetero) is 1. The smallest absolute Gasteiger partial charge is 0.335 e. The molecule has 1 aromatic heterocycles. The number of nitrogens with zero attached hydrogens (tertiary/aromatic N) is 1. The second kappa shape index (κ2) is 12.4. The number of benzene rings is 2. The normalized spacial score (nSPS) is 12.1. The number of aromatic carboxylic acids is 1. The highest BCUT2D eigenvalue weighted by atomic mass is 35.5. The fraction of sp³-hybridized carbons (Fsp3) is 0.310. The lowest BCUT2D eigenvalue weighted by Crippen LogP contribution is -2.34. The summed E-state index contributed by atoms with van der Waals surface area (Å²) < 4.78 is 27.6. The lowest BCUT2D eigenvalue weighted by molar-refractivity contribution is -0.120. The van der Waals surface area contributed by atoms with Crippen LogP contribution in [0.2, 0.25) is 5.02 Å². The Morgan fingerprint density at radius 1 is 1.12 bits per heavy atom. The van der Waals surface area contributed by atoms with Gasteiger partial charge in [-0.1, -0.05) is 11.6 Å². The maximum atomic E-state index is 15.2. The summed E-state index contributed by atoms with van der Waals surface area (Å²) in [6.45, 7) is 6.93. The molecule has 3 aromatic rings. The van der Waals surface area contributed by atoms with Crippen molar-refractivity contribution in [3.63, 3.8) is 0 Å². The van der Waals surface area contributed by atoms with Crippen molar-refractivity contribution in [3.8, 4) is 16.9 Å². The van der Waals surface area contributed by atoms with E-state index in [4.69, 9.17) is 26.2 Å². The van der Waals surface area contributed by atoms with Crippen LogP contribution in [-0.2, 0) is 9.53 Å². The van der Waals surface area contributed by atoms with E-state index < -0.39 is 40.7 Å². The summed E-state index contributed by atoms with van der Waals surface area (Å²) in [5, 5.41) is 11.6. The molecule has 0 spiro atoms. The first kappa shape index (κ1) is 30.5.